The number of nitriles is 1. The zero-order chi connectivity index (χ0) is 20.2. The number of ether oxygens (including phenoxy) is 1. The fourth-order valence-corrected chi connectivity index (χ4v) is 4.48. The summed E-state index contributed by atoms with van der Waals surface area (Å²) in [7, 11) is 0. The van der Waals surface area contributed by atoms with Crippen molar-refractivity contribution in [3.63, 3.8) is 0 Å². The summed E-state index contributed by atoms with van der Waals surface area (Å²) in [6, 6.07) is 15.1. The first-order valence-corrected chi connectivity index (χ1v) is 10.5. The van der Waals surface area contributed by atoms with E-state index in [4.69, 9.17) is 10.00 Å². The highest BCUT2D eigenvalue weighted by molar-refractivity contribution is 7.99. The summed E-state index contributed by atoms with van der Waals surface area (Å²) < 4.78 is 18.8. The predicted octanol–water partition coefficient (Wildman–Crippen LogP) is 4.83. The number of halogens is 1. The molecule has 8 heteroatoms. The predicted molar refractivity (Wildman–Crippen MR) is 113 cm³/mol. The largest absolute Gasteiger partial charge is 0.493 e. The smallest absolute Gasteiger partial charge is 0.260 e. The van der Waals surface area contributed by atoms with Gasteiger partial charge >= 0.3 is 0 Å². The summed E-state index contributed by atoms with van der Waals surface area (Å²) in [4.78, 5) is 20.6. The van der Waals surface area contributed by atoms with Gasteiger partial charge in [0.1, 0.15) is 16.4 Å². The van der Waals surface area contributed by atoms with Crippen LogP contribution in [0.4, 0.5) is 4.39 Å². The first-order valence-electron chi connectivity index (χ1n) is 8.67. The monoisotopic (exact) mass is 423 g/mol. The number of H-pyrrole nitrogens is 1. The van der Waals surface area contributed by atoms with Crippen LogP contribution in [0.2, 0.25) is 0 Å². The topological polar surface area (TPSA) is 78.8 Å². The lowest BCUT2D eigenvalue weighted by molar-refractivity contribution is 0.344. The molecule has 0 atom stereocenters. The number of thioether (sulfide) groups is 1. The number of aromatic amines is 1. The lowest BCUT2D eigenvalue weighted by Crippen LogP contribution is -2.09. The molecule has 5 nitrogen and oxygen atoms in total. The van der Waals surface area contributed by atoms with Crippen molar-refractivity contribution in [2.45, 2.75) is 5.16 Å². The van der Waals surface area contributed by atoms with E-state index in [1.807, 2.05) is 5.38 Å². The van der Waals surface area contributed by atoms with Crippen LogP contribution in [0.3, 0.4) is 0 Å². The first kappa shape index (κ1) is 19.2. The van der Waals surface area contributed by atoms with Gasteiger partial charge in [-0.25, -0.2) is 9.37 Å². The fraction of sp³-hybridized carbons (Fsp3) is 0.0952. The van der Waals surface area contributed by atoms with Gasteiger partial charge in [0.05, 0.1) is 23.6 Å². The number of rotatable bonds is 6. The summed E-state index contributed by atoms with van der Waals surface area (Å²) in [5, 5.41) is 11.8. The van der Waals surface area contributed by atoms with Crippen LogP contribution in [0, 0.1) is 17.1 Å². The molecule has 1 N–H and O–H groups in total. The Bertz CT molecular complexity index is 1260. The Kier molecular flexibility index (Phi) is 5.60. The molecular formula is C21H14FN3O2S2. The summed E-state index contributed by atoms with van der Waals surface area (Å²) in [5.41, 5.74) is 1.84. The van der Waals surface area contributed by atoms with Crippen LogP contribution in [0.5, 0.6) is 5.75 Å². The van der Waals surface area contributed by atoms with Crippen LogP contribution in [-0.2, 0) is 0 Å². The quantitative estimate of drug-likeness (QED) is 0.273. The van der Waals surface area contributed by atoms with Crippen LogP contribution in [0.15, 0.2) is 63.9 Å². The molecule has 0 unspecified atom stereocenters. The molecule has 0 amide bonds. The SMILES string of the molecule is N#Cc1cccc(OCCSc2nc3scc(-c4ccc(F)cc4)c3c(=O)[nH]2)c1. The molecule has 144 valence electrons. The molecule has 0 aliphatic heterocycles. The molecule has 0 aliphatic rings. The van der Waals surface area contributed by atoms with Crippen molar-refractivity contribution in [3.05, 3.63) is 75.6 Å². The Morgan fingerprint density at radius 2 is 2.07 bits per heavy atom. The van der Waals surface area contributed by atoms with Gasteiger partial charge in [0.15, 0.2) is 5.16 Å². The van der Waals surface area contributed by atoms with Gasteiger partial charge in [0.25, 0.3) is 5.56 Å². The van der Waals surface area contributed by atoms with E-state index in [9.17, 15) is 9.18 Å². The average Bonchev–Trinajstić information content (AvgIpc) is 3.16. The van der Waals surface area contributed by atoms with Crippen LogP contribution in [0.1, 0.15) is 5.56 Å². The first-order chi connectivity index (χ1) is 14.1. The third-order valence-electron chi connectivity index (χ3n) is 4.13. The molecule has 0 aliphatic carbocycles. The molecule has 0 bridgehead atoms. The van der Waals surface area contributed by atoms with Gasteiger partial charge in [-0.3, -0.25) is 4.79 Å². The maximum Gasteiger partial charge on any atom is 0.260 e. The molecule has 4 rings (SSSR count). The summed E-state index contributed by atoms with van der Waals surface area (Å²) in [5.74, 6) is 0.894. The summed E-state index contributed by atoms with van der Waals surface area (Å²) in [6.45, 7) is 0.409. The normalized spacial score (nSPS) is 10.8. The number of hydrogen-bond acceptors (Lipinski definition) is 6. The molecule has 0 saturated heterocycles. The molecular weight excluding hydrogens is 409 g/mol. The van der Waals surface area contributed by atoms with Crippen LogP contribution < -0.4 is 10.3 Å². The summed E-state index contributed by atoms with van der Waals surface area (Å²) >= 11 is 2.77. The molecule has 2 heterocycles. The van der Waals surface area contributed by atoms with E-state index in [0.29, 0.717) is 39.0 Å². The van der Waals surface area contributed by atoms with Gasteiger partial charge in [0.2, 0.25) is 0 Å². The van der Waals surface area contributed by atoms with Crippen LogP contribution in [-0.4, -0.2) is 22.3 Å². The van der Waals surface area contributed by atoms with Crippen molar-refractivity contribution in [1.82, 2.24) is 9.97 Å². The Labute approximate surface area is 173 Å². The van der Waals surface area contributed by atoms with E-state index < -0.39 is 0 Å². The van der Waals surface area contributed by atoms with Crippen molar-refractivity contribution in [1.29, 1.82) is 5.26 Å². The second kappa shape index (κ2) is 8.47. The molecule has 0 fully saturated rings. The van der Waals surface area contributed by atoms with Gasteiger partial charge in [-0.1, -0.05) is 30.0 Å². The number of fused-ring (bicyclic) bond motifs is 1. The Balaban J connectivity index is 1.46. The number of aromatic nitrogens is 2. The standard InChI is InChI=1S/C21H14FN3O2S2/c22-15-6-4-14(5-7-15)17-12-29-20-18(17)19(26)24-21(25-20)28-9-8-27-16-3-1-2-13(10-16)11-23/h1-7,10,12H,8-9H2,(H,24,25,26). The highest BCUT2D eigenvalue weighted by atomic mass is 32.2. The Morgan fingerprint density at radius 1 is 1.24 bits per heavy atom. The Hall–Kier alpha value is -3.15. The number of nitrogens with zero attached hydrogens (tertiary/aromatic N) is 2. The van der Waals surface area contributed by atoms with Gasteiger partial charge in [-0.15, -0.1) is 11.3 Å². The maximum absolute atomic E-state index is 13.2. The highest BCUT2D eigenvalue weighted by Crippen LogP contribution is 2.31. The minimum Gasteiger partial charge on any atom is -0.493 e. The molecule has 2 aromatic carbocycles. The van der Waals surface area contributed by atoms with Gasteiger partial charge in [-0.2, -0.15) is 5.26 Å². The molecule has 0 saturated carbocycles. The van der Waals surface area contributed by atoms with E-state index in [1.165, 1.54) is 35.2 Å². The van der Waals surface area contributed by atoms with Crippen LogP contribution >= 0.6 is 23.1 Å². The second-order valence-electron chi connectivity index (χ2n) is 6.04. The van der Waals surface area contributed by atoms with E-state index >= 15 is 0 Å². The fourth-order valence-electron chi connectivity index (χ4n) is 2.79. The maximum atomic E-state index is 13.2. The average molecular weight is 423 g/mol. The number of thiophene rings is 1. The van der Waals surface area contributed by atoms with Crippen molar-refractivity contribution in [3.8, 4) is 22.9 Å². The number of benzene rings is 2. The highest BCUT2D eigenvalue weighted by Gasteiger charge is 2.13. The van der Waals surface area contributed by atoms with Crippen molar-refractivity contribution in [2.24, 2.45) is 0 Å². The molecule has 29 heavy (non-hydrogen) atoms. The number of hydrogen-bond donors (Lipinski definition) is 1. The lowest BCUT2D eigenvalue weighted by Gasteiger charge is -2.06. The third-order valence-corrected chi connectivity index (χ3v) is 5.84. The van der Waals surface area contributed by atoms with Crippen molar-refractivity contribution >= 4 is 33.3 Å². The van der Waals surface area contributed by atoms with Gasteiger partial charge < -0.3 is 9.72 Å². The van der Waals surface area contributed by atoms with E-state index in [2.05, 4.69) is 16.0 Å². The van der Waals surface area contributed by atoms with E-state index in [0.717, 1.165) is 11.1 Å². The van der Waals surface area contributed by atoms with Gasteiger partial charge in [-0.05, 0) is 35.9 Å². The number of nitrogens with one attached hydrogen (secondary N) is 1. The van der Waals surface area contributed by atoms with Crippen molar-refractivity contribution in [2.75, 3.05) is 12.4 Å². The van der Waals surface area contributed by atoms with E-state index in [1.54, 1.807) is 36.4 Å². The van der Waals surface area contributed by atoms with Crippen molar-refractivity contribution < 1.29 is 9.13 Å². The third kappa shape index (κ3) is 4.31. The molecule has 0 radical (unpaired) electrons. The Morgan fingerprint density at radius 3 is 2.86 bits per heavy atom. The van der Waals surface area contributed by atoms with E-state index in [-0.39, 0.29) is 11.4 Å². The van der Waals surface area contributed by atoms with Gasteiger partial charge in [0, 0.05) is 16.7 Å². The molecule has 2 aromatic heterocycles. The summed E-state index contributed by atoms with van der Waals surface area (Å²) in [6.07, 6.45) is 0. The second-order valence-corrected chi connectivity index (χ2v) is 7.99. The zero-order valence-electron chi connectivity index (χ0n) is 15.0. The molecule has 4 aromatic rings. The lowest BCUT2D eigenvalue weighted by atomic mass is 10.1. The van der Waals surface area contributed by atoms with Crippen LogP contribution in [0.25, 0.3) is 21.3 Å². The minimum atomic E-state index is -0.319. The molecule has 0 spiro atoms. The zero-order valence-corrected chi connectivity index (χ0v) is 16.6. The minimum absolute atomic E-state index is 0.222.